The van der Waals surface area contributed by atoms with Crippen LogP contribution in [0.2, 0.25) is 0 Å². The topological polar surface area (TPSA) is 9.23 Å². The van der Waals surface area contributed by atoms with Crippen LogP contribution in [0.25, 0.3) is 0 Å². The Morgan fingerprint density at radius 2 is 2.23 bits per heavy atom. The van der Waals surface area contributed by atoms with Crippen LogP contribution in [0.15, 0.2) is 33.7 Å². The van der Waals surface area contributed by atoms with Gasteiger partial charge in [0.25, 0.3) is 0 Å². The van der Waals surface area contributed by atoms with Crippen LogP contribution < -0.4 is 4.74 Å². The van der Waals surface area contributed by atoms with Crippen LogP contribution in [0.4, 0.5) is 4.39 Å². The van der Waals surface area contributed by atoms with Crippen LogP contribution in [-0.4, -0.2) is 6.61 Å². The highest BCUT2D eigenvalue weighted by Gasteiger charge is 2.03. The summed E-state index contributed by atoms with van der Waals surface area (Å²) in [6.45, 7) is 3.84. The molecule has 1 aromatic carbocycles. The van der Waals surface area contributed by atoms with E-state index in [0.29, 0.717) is 8.96 Å². The van der Waals surface area contributed by atoms with E-state index < -0.39 is 0 Å². The zero-order valence-electron chi connectivity index (χ0n) is 6.69. The fraction of sp³-hybridized carbons (Fsp3) is 0.111. The van der Waals surface area contributed by atoms with Crippen molar-refractivity contribution in [1.29, 1.82) is 0 Å². The third-order valence-corrected chi connectivity index (χ3v) is 2.00. The molecule has 0 aliphatic carbocycles. The Kier molecular flexibility index (Phi) is 3.93. The standard InChI is InChI=1S/C9H7Br2FO/c1-6(10)5-13-9-3-2-7(11)4-8(9)12/h2-4H,1,5H2. The van der Waals surface area contributed by atoms with Gasteiger partial charge in [-0.15, -0.1) is 0 Å². The quantitative estimate of drug-likeness (QED) is 0.823. The van der Waals surface area contributed by atoms with Gasteiger partial charge in [0.05, 0.1) is 0 Å². The van der Waals surface area contributed by atoms with Gasteiger partial charge < -0.3 is 4.74 Å². The Morgan fingerprint density at radius 3 is 2.77 bits per heavy atom. The monoisotopic (exact) mass is 308 g/mol. The van der Waals surface area contributed by atoms with Gasteiger partial charge in [-0.1, -0.05) is 38.4 Å². The van der Waals surface area contributed by atoms with Gasteiger partial charge >= 0.3 is 0 Å². The van der Waals surface area contributed by atoms with E-state index in [1.54, 1.807) is 12.1 Å². The van der Waals surface area contributed by atoms with E-state index in [4.69, 9.17) is 4.74 Å². The zero-order valence-corrected chi connectivity index (χ0v) is 9.86. The molecule has 0 saturated heterocycles. The van der Waals surface area contributed by atoms with Gasteiger partial charge in [0.1, 0.15) is 6.61 Å². The van der Waals surface area contributed by atoms with Crippen molar-refractivity contribution >= 4 is 31.9 Å². The zero-order chi connectivity index (χ0) is 9.84. The summed E-state index contributed by atoms with van der Waals surface area (Å²) in [5, 5.41) is 0. The lowest BCUT2D eigenvalue weighted by molar-refractivity contribution is 0.340. The van der Waals surface area contributed by atoms with Crippen molar-refractivity contribution in [2.75, 3.05) is 6.61 Å². The summed E-state index contributed by atoms with van der Waals surface area (Å²) < 4.78 is 19.6. The van der Waals surface area contributed by atoms with Gasteiger partial charge in [-0.25, -0.2) is 4.39 Å². The molecule has 0 aliphatic rings. The molecule has 0 heterocycles. The molecule has 0 fully saturated rings. The molecule has 70 valence electrons. The molecule has 0 unspecified atom stereocenters. The van der Waals surface area contributed by atoms with Gasteiger partial charge in [0.15, 0.2) is 11.6 Å². The van der Waals surface area contributed by atoms with E-state index in [2.05, 4.69) is 38.4 Å². The van der Waals surface area contributed by atoms with E-state index in [1.165, 1.54) is 6.07 Å². The van der Waals surface area contributed by atoms with Crippen LogP contribution in [0.1, 0.15) is 0 Å². The summed E-state index contributed by atoms with van der Waals surface area (Å²) in [7, 11) is 0. The number of hydrogen-bond donors (Lipinski definition) is 0. The second-order valence-electron chi connectivity index (χ2n) is 2.38. The Balaban J connectivity index is 2.72. The first kappa shape index (κ1) is 10.7. The molecular formula is C9H7Br2FO. The third kappa shape index (κ3) is 3.48. The fourth-order valence-corrected chi connectivity index (χ4v) is 1.20. The van der Waals surface area contributed by atoms with E-state index in [0.717, 1.165) is 0 Å². The molecule has 1 rings (SSSR count). The maximum absolute atomic E-state index is 13.1. The van der Waals surface area contributed by atoms with Crippen LogP contribution in [0, 0.1) is 5.82 Å². The fourth-order valence-electron chi connectivity index (χ4n) is 0.748. The number of rotatable bonds is 3. The van der Waals surface area contributed by atoms with Gasteiger partial charge in [0.2, 0.25) is 0 Å². The summed E-state index contributed by atoms with van der Waals surface area (Å²) in [4.78, 5) is 0. The van der Waals surface area contributed by atoms with Crippen LogP contribution in [0.3, 0.4) is 0 Å². The highest BCUT2D eigenvalue weighted by molar-refractivity contribution is 9.11. The minimum absolute atomic E-state index is 0.226. The van der Waals surface area contributed by atoms with Crippen molar-refractivity contribution in [3.8, 4) is 5.75 Å². The Labute approximate surface area is 92.9 Å². The minimum Gasteiger partial charge on any atom is -0.485 e. The minimum atomic E-state index is -0.386. The summed E-state index contributed by atoms with van der Waals surface area (Å²) in [5.41, 5.74) is 0. The molecule has 0 atom stereocenters. The highest BCUT2D eigenvalue weighted by Crippen LogP contribution is 2.22. The van der Waals surface area contributed by atoms with Crippen molar-refractivity contribution in [1.82, 2.24) is 0 Å². The second kappa shape index (κ2) is 4.77. The molecule has 0 bridgehead atoms. The summed E-state index contributed by atoms with van der Waals surface area (Å²) in [6, 6.07) is 4.64. The van der Waals surface area contributed by atoms with E-state index in [-0.39, 0.29) is 18.2 Å². The predicted octanol–water partition coefficient (Wildman–Crippen LogP) is 3.88. The van der Waals surface area contributed by atoms with Gasteiger partial charge in [-0.3, -0.25) is 0 Å². The average molecular weight is 310 g/mol. The lowest BCUT2D eigenvalue weighted by Gasteiger charge is -2.05. The highest BCUT2D eigenvalue weighted by atomic mass is 79.9. The molecule has 0 N–H and O–H groups in total. The predicted molar refractivity (Wildman–Crippen MR) is 57.7 cm³/mol. The van der Waals surface area contributed by atoms with Crippen molar-refractivity contribution in [3.05, 3.63) is 39.6 Å². The normalized spacial score (nSPS) is 9.77. The first-order valence-corrected chi connectivity index (χ1v) is 5.09. The van der Waals surface area contributed by atoms with Crippen molar-refractivity contribution in [2.45, 2.75) is 0 Å². The number of hydrogen-bond acceptors (Lipinski definition) is 1. The van der Waals surface area contributed by atoms with Crippen LogP contribution in [0.5, 0.6) is 5.75 Å². The van der Waals surface area contributed by atoms with Crippen LogP contribution in [-0.2, 0) is 0 Å². The van der Waals surface area contributed by atoms with Crippen LogP contribution >= 0.6 is 31.9 Å². The number of ether oxygens (including phenoxy) is 1. The van der Waals surface area contributed by atoms with Crippen molar-refractivity contribution < 1.29 is 9.13 Å². The molecule has 0 aliphatic heterocycles. The molecule has 4 heteroatoms. The lowest BCUT2D eigenvalue weighted by Crippen LogP contribution is -1.97. The maximum Gasteiger partial charge on any atom is 0.166 e. The maximum atomic E-state index is 13.1. The summed E-state index contributed by atoms with van der Waals surface area (Å²) >= 11 is 6.27. The van der Waals surface area contributed by atoms with Gasteiger partial charge in [-0.05, 0) is 18.2 Å². The van der Waals surface area contributed by atoms with E-state index >= 15 is 0 Å². The Morgan fingerprint density at radius 1 is 1.54 bits per heavy atom. The summed E-state index contributed by atoms with van der Waals surface area (Å²) in [6.07, 6.45) is 0. The smallest absolute Gasteiger partial charge is 0.166 e. The van der Waals surface area contributed by atoms with Gasteiger partial charge in [0, 0.05) is 8.96 Å². The first-order chi connectivity index (χ1) is 6.09. The number of halogens is 3. The Hall–Kier alpha value is -0.350. The molecule has 0 amide bonds. The SMILES string of the molecule is C=C(Br)COc1ccc(Br)cc1F. The molecule has 0 aromatic heterocycles. The largest absolute Gasteiger partial charge is 0.485 e. The van der Waals surface area contributed by atoms with Gasteiger partial charge in [-0.2, -0.15) is 0 Å². The molecule has 0 radical (unpaired) electrons. The van der Waals surface area contributed by atoms with Crippen molar-refractivity contribution in [2.24, 2.45) is 0 Å². The van der Waals surface area contributed by atoms with E-state index in [9.17, 15) is 4.39 Å². The Bertz CT molecular complexity index is 325. The molecule has 1 nitrogen and oxygen atoms in total. The number of benzene rings is 1. The second-order valence-corrected chi connectivity index (χ2v) is 4.42. The van der Waals surface area contributed by atoms with Crippen molar-refractivity contribution in [3.63, 3.8) is 0 Å². The first-order valence-electron chi connectivity index (χ1n) is 3.50. The third-order valence-electron chi connectivity index (χ3n) is 1.28. The average Bonchev–Trinajstić information content (AvgIpc) is 2.02. The lowest BCUT2D eigenvalue weighted by atomic mass is 10.3. The molecular weight excluding hydrogens is 303 g/mol. The molecule has 0 saturated carbocycles. The summed E-state index contributed by atoms with van der Waals surface area (Å²) in [5.74, 6) is -0.160. The molecule has 1 aromatic rings. The molecule has 13 heavy (non-hydrogen) atoms. The van der Waals surface area contributed by atoms with E-state index in [1.807, 2.05) is 0 Å². The molecule has 0 spiro atoms.